The molecule has 3 rings (SSSR count). The summed E-state index contributed by atoms with van der Waals surface area (Å²) in [7, 11) is 1.71. The fourth-order valence-electron chi connectivity index (χ4n) is 3.51. The first kappa shape index (κ1) is 23.2. The number of halogens is 2. The number of alkyl halides is 2. The summed E-state index contributed by atoms with van der Waals surface area (Å²) in [5.74, 6) is 0.121. The Morgan fingerprint density at radius 2 is 1.84 bits per heavy atom. The maximum Gasteiger partial charge on any atom is 0.387 e. The lowest BCUT2D eigenvalue weighted by atomic mass is 10.1. The minimum absolute atomic E-state index is 0.0286. The van der Waals surface area contributed by atoms with E-state index in [4.69, 9.17) is 4.74 Å². The van der Waals surface area contributed by atoms with Crippen LogP contribution in [0.2, 0.25) is 0 Å². The van der Waals surface area contributed by atoms with Crippen LogP contribution in [-0.4, -0.2) is 40.9 Å². The molecule has 32 heavy (non-hydrogen) atoms. The average molecular weight is 443 g/mol. The van der Waals surface area contributed by atoms with Crippen LogP contribution < -0.4 is 9.47 Å². The van der Waals surface area contributed by atoms with Crippen LogP contribution in [0, 0.1) is 13.8 Å². The van der Waals surface area contributed by atoms with Gasteiger partial charge in [-0.15, -0.1) is 0 Å². The van der Waals surface area contributed by atoms with Crippen molar-refractivity contribution in [1.29, 1.82) is 0 Å². The number of aromatic nitrogens is 2. The van der Waals surface area contributed by atoms with E-state index in [1.807, 2.05) is 48.9 Å². The van der Waals surface area contributed by atoms with Gasteiger partial charge >= 0.3 is 6.61 Å². The first-order valence-corrected chi connectivity index (χ1v) is 10.3. The lowest BCUT2D eigenvalue weighted by molar-refractivity contribution is -0.129. The molecule has 1 heterocycles. The molecule has 1 amide bonds. The van der Waals surface area contributed by atoms with E-state index in [2.05, 4.69) is 9.84 Å². The molecule has 2 aromatic carbocycles. The van der Waals surface area contributed by atoms with E-state index in [9.17, 15) is 13.6 Å². The van der Waals surface area contributed by atoms with E-state index in [0.29, 0.717) is 13.2 Å². The lowest BCUT2D eigenvalue weighted by Crippen LogP contribution is -2.28. The predicted octanol–water partition coefficient (Wildman–Crippen LogP) is 4.69. The number of carbonyl (C=O) groups is 1. The zero-order valence-electron chi connectivity index (χ0n) is 18.6. The van der Waals surface area contributed by atoms with Crippen LogP contribution in [0.15, 0.2) is 48.5 Å². The number of para-hydroxylation sites is 1. The Kier molecular flexibility index (Phi) is 7.45. The number of nitrogens with zero attached hydrogens (tertiary/aromatic N) is 3. The predicted molar refractivity (Wildman–Crippen MR) is 117 cm³/mol. The van der Waals surface area contributed by atoms with Crippen LogP contribution in [0.1, 0.15) is 29.4 Å². The highest BCUT2D eigenvalue weighted by atomic mass is 19.3. The zero-order valence-corrected chi connectivity index (χ0v) is 18.6. The van der Waals surface area contributed by atoms with Gasteiger partial charge in [-0.2, -0.15) is 13.9 Å². The molecule has 0 fully saturated rings. The summed E-state index contributed by atoms with van der Waals surface area (Å²) in [6.45, 7) is 3.28. The van der Waals surface area contributed by atoms with E-state index < -0.39 is 6.61 Å². The highest BCUT2D eigenvalue weighted by Gasteiger charge is 2.19. The Bertz CT molecular complexity index is 1070. The van der Waals surface area contributed by atoms with Crippen LogP contribution in [0.4, 0.5) is 8.78 Å². The van der Waals surface area contributed by atoms with Gasteiger partial charge in [0.25, 0.3) is 0 Å². The minimum atomic E-state index is -2.94. The molecule has 0 radical (unpaired) electrons. The number of ether oxygens (including phenoxy) is 2. The van der Waals surface area contributed by atoms with Gasteiger partial charge in [0.2, 0.25) is 5.91 Å². The average Bonchev–Trinajstić information content (AvgIpc) is 3.04. The number of hydrogen-bond donors (Lipinski definition) is 0. The summed E-state index contributed by atoms with van der Waals surface area (Å²) in [5.41, 5.74) is 4.30. The summed E-state index contributed by atoms with van der Waals surface area (Å²) in [6.07, 6.45) is 0.214. The lowest BCUT2D eigenvalue weighted by Gasteiger charge is -2.19. The second-order valence-corrected chi connectivity index (χ2v) is 7.42. The Morgan fingerprint density at radius 3 is 2.50 bits per heavy atom. The van der Waals surface area contributed by atoms with E-state index in [0.717, 1.165) is 28.2 Å². The summed E-state index contributed by atoms with van der Waals surface area (Å²) >= 11 is 0. The Morgan fingerprint density at radius 1 is 1.12 bits per heavy atom. The van der Waals surface area contributed by atoms with Gasteiger partial charge in [-0.3, -0.25) is 4.79 Å². The molecule has 8 heteroatoms. The van der Waals surface area contributed by atoms with Crippen LogP contribution in [0.5, 0.6) is 11.5 Å². The highest BCUT2D eigenvalue weighted by Crippen LogP contribution is 2.30. The van der Waals surface area contributed by atoms with Gasteiger partial charge in [0.1, 0.15) is 0 Å². The molecular formula is C24H27F2N3O3. The van der Waals surface area contributed by atoms with Gasteiger partial charge in [-0.25, -0.2) is 4.68 Å². The summed E-state index contributed by atoms with van der Waals surface area (Å²) < 4.78 is 37.0. The van der Waals surface area contributed by atoms with Gasteiger partial charge in [-0.1, -0.05) is 24.3 Å². The maximum atomic E-state index is 12.9. The molecule has 0 saturated heterocycles. The normalized spacial score (nSPS) is 11.0. The Balaban J connectivity index is 1.73. The molecule has 0 N–H and O–H groups in total. The van der Waals surface area contributed by atoms with Crippen molar-refractivity contribution in [3.63, 3.8) is 0 Å². The van der Waals surface area contributed by atoms with Gasteiger partial charge in [0.15, 0.2) is 11.5 Å². The van der Waals surface area contributed by atoms with E-state index in [-0.39, 0.29) is 23.8 Å². The fourth-order valence-corrected chi connectivity index (χ4v) is 3.51. The van der Waals surface area contributed by atoms with Crippen LogP contribution >= 0.6 is 0 Å². The second-order valence-electron chi connectivity index (χ2n) is 7.42. The maximum absolute atomic E-state index is 12.9. The molecule has 0 aliphatic rings. The fraction of sp³-hybridized carbons (Fsp3) is 0.333. The van der Waals surface area contributed by atoms with Gasteiger partial charge in [0, 0.05) is 24.8 Å². The molecule has 6 nitrogen and oxygen atoms in total. The molecule has 0 spiro atoms. The van der Waals surface area contributed by atoms with Crippen molar-refractivity contribution < 1.29 is 23.0 Å². The van der Waals surface area contributed by atoms with E-state index in [1.54, 1.807) is 31.0 Å². The topological polar surface area (TPSA) is 56.6 Å². The molecule has 0 aliphatic heterocycles. The van der Waals surface area contributed by atoms with Crippen LogP contribution in [0.3, 0.4) is 0 Å². The monoisotopic (exact) mass is 443 g/mol. The number of aryl methyl sites for hydroxylation is 1. The third kappa shape index (κ3) is 5.43. The van der Waals surface area contributed by atoms with E-state index in [1.165, 1.54) is 6.07 Å². The first-order valence-electron chi connectivity index (χ1n) is 10.3. The molecule has 3 aromatic rings. The van der Waals surface area contributed by atoms with E-state index >= 15 is 0 Å². The number of rotatable bonds is 9. The highest BCUT2D eigenvalue weighted by molar-refractivity contribution is 5.79. The van der Waals surface area contributed by atoms with Crippen molar-refractivity contribution in [2.75, 3.05) is 13.7 Å². The minimum Gasteiger partial charge on any atom is -0.490 e. The van der Waals surface area contributed by atoms with Crippen molar-refractivity contribution in [3.8, 4) is 17.2 Å². The third-order valence-electron chi connectivity index (χ3n) is 5.14. The number of carbonyl (C=O) groups excluding carboxylic acids is 1. The van der Waals surface area contributed by atoms with Crippen molar-refractivity contribution in [2.45, 2.75) is 40.3 Å². The Hall–Kier alpha value is -3.42. The molecule has 0 unspecified atom stereocenters. The van der Waals surface area contributed by atoms with Crippen molar-refractivity contribution in [3.05, 3.63) is 71.0 Å². The molecule has 0 atom stereocenters. The van der Waals surface area contributed by atoms with Crippen molar-refractivity contribution in [2.24, 2.45) is 0 Å². The number of hydrogen-bond acceptors (Lipinski definition) is 4. The second kappa shape index (κ2) is 10.3. The first-order chi connectivity index (χ1) is 15.3. The number of likely N-dealkylation sites (N-methyl/N-ethyl adjacent to an activating group) is 1. The largest absolute Gasteiger partial charge is 0.490 e. The number of benzene rings is 2. The number of amides is 1. The standard InChI is InChI=1S/C24H27F2N3O3/c1-5-31-22-13-18(11-12-21(22)32-24(25)26)15-28(4)23(30)14-20-16(2)27-29(17(20)3)19-9-7-6-8-10-19/h6-13,24H,5,14-15H2,1-4H3. The smallest absolute Gasteiger partial charge is 0.387 e. The summed E-state index contributed by atoms with van der Waals surface area (Å²) in [5, 5.41) is 4.60. The summed E-state index contributed by atoms with van der Waals surface area (Å²) in [4.78, 5) is 14.5. The van der Waals surface area contributed by atoms with Gasteiger partial charge < -0.3 is 14.4 Å². The zero-order chi connectivity index (χ0) is 23.3. The molecule has 170 valence electrons. The summed E-state index contributed by atoms with van der Waals surface area (Å²) in [6, 6.07) is 14.5. The molecule has 0 aliphatic carbocycles. The molecule has 0 saturated carbocycles. The van der Waals surface area contributed by atoms with Gasteiger partial charge in [0.05, 0.1) is 24.4 Å². The van der Waals surface area contributed by atoms with Gasteiger partial charge in [-0.05, 0) is 50.6 Å². The third-order valence-corrected chi connectivity index (χ3v) is 5.14. The quantitative estimate of drug-likeness (QED) is 0.482. The Labute approximate surface area is 186 Å². The van der Waals surface area contributed by atoms with Crippen molar-refractivity contribution >= 4 is 5.91 Å². The van der Waals surface area contributed by atoms with Crippen molar-refractivity contribution in [1.82, 2.24) is 14.7 Å². The SMILES string of the molecule is CCOc1cc(CN(C)C(=O)Cc2c(C)nn(-c3ccccc3)c2C)ccc1OC(F)F. The molecular weight excluding hydrogens is 416 g/mol. The van der Waals surface area contributed by atoms with Crippen LogP contribution in [0.25, 0.3) is 5.69 Å². The molecule has 0 bridgehead atoms. The van der Waals surface area contributed by atoms with Crippen LogP contribution in [-0.2, 0) is 17.8 Å². The molecule has 1 aromatic heterocycles.